The maximum Gasteiger partial charge on any atom is 0.328 e. The summed E-state index contributed by atoms with van der Waals surface area (Å²) in [4.78, 5) is 12.8. The number of rotatable bonds is 42. The highest BCUT2D eigenvalue weighted by molar-refractivity contribution is 7.78. The van der Waals surface area contributed by atoms with Crippen LogP contribution in [0.2, 0.25) is 0 Å². The SMILES string of the molecule is COCCOCCON1P(OCCOCCOC)N=P(OCCOCCOC)(OCCOCCOC)N(OCCOCCOC)P1OCCOCCOC. The second-order valence-electron chi connectivity index (χ2n) is 10.2. The van der Waals surface area contributed by atoms with Crippen LogP contribution in [0.15, 0.2) is 4.52 Å². The van der Waals surface area contributed by atoms with Crippen LogP contribution in [0.4, 0.5) is 0 Å². The highest BCUT2D eigenvalue weighted by Crippen LogP contribution is 2.79. The van der Waals surface area contributed by atoms with Gasteiger partial charge in [-0.1, -0.05) is 4.60 Å². The largest absolute Gasteiger partial charge is 0.382 e. The Labute approximate surface area is 323 Å². The summed E-state index contributed by atoms with van der Waals surface area (Å²) in [5, 5.41) is 0. The summed E-state index contributed by atoms with van der Waals surface area (Å²) in [7, 11) is 2.10. The van der Waals surface area contributed by atoms with Crippen LogP contribution in [-0.4, -0.2) is 210 Å². The summed E-state index contributed by atoms with van der Waals surface area (Å²) in [6.07, 6.45) is 0. The Hall–Kier alpha value is 0.290. The first-order valence-electron chi connectivity index (χ1n) is 17.7. The molecule has 1 rings (SSSR count). The molecular weight excluding hydrogens is 783 g/mol. The van der Waals surface area contributed by atoms with Crippen molar-refractivity contribution in [3.63, 3.8) is 0 Å². The second-order valence-corrected chi connectivity index (χ2v) is 16.0. The lowest BCUT2D eigenvalue weighted by Gasteiger charge is -2.45. The molecule has 2 atom stereocenters. The second kappa shape index (κ2) is 38.8. The molecule has 0 saturated heterocycles. The minimum absolute atomic E-state index is 0.0923. The molecule has 0 amide bonds. The maximum atomic E-state index is 6.56. The Kier molecular flexibility index (Phi) is 37.6. The summed E-state index contributed by atoms with van der Waals surface area (Å²) in [5.41, 5.74) is 0. The van der Waals surface area contributed by atoms with Crippen LogP contribution in [0, 0.1) is 0 Å². The molecule has 0 fully saturated rings. The first-order chi connectivity index (χ1) is 26.6. The van der Waals surface area contributed by atoms with E-state index in [9.17, 15) is 0 Å². The third-order valence-electron chi connectivity index (χ3n) is 6.15. The fourth-order valence-electron chi connectivity index (χ4n) is 3.58. The van der Waals surface area contributed by atoms with Crippen molar-refractivity contribution in [1.29, 1.82) is 0 Å². The van der Waals surface area contributed by atoms with Crippen molar-refractivity contribution in [1.82, 2.24) is 9.21 Å². The van der Waals surface area contributed by atoms with E-state index in [0.717, 1.165) is 0 Å². The summed E-state index contributed by atoms with van der Waals surface area (Å²) in [5.74, 6) is 0. The van der Waals surface area contributed by atoms with Crippen LogP contribution in [0.1, 0.15) is 0 Å². The zero-order valence-corrected chi connectivity index (χ0v) is 35.7. The predicted octanol–water partition coefficient (Wildman–Crippen LogP) is 2.91. The molecule has 0 aromatic heterocycles. The molecule has 0 aromatic carbocycles. The Morgan fingerprint density at radius 2 is 0.704 bits per heavy atom. The smallest absolute Gasteiger partial charge is 0.328 e. The van der Waals surface area contributed by atoms with Gasteiger partial charge in [0.25, 0.3) is 16.9 Å². The standard InChI is InChI=1S/C30H66N3O18P3/c1-34-7-13-40-19-25-46-32-52(48-27-21-42-15-9-36-3)31-54(50-29-23-44-17-11-38-5,51-30-24-45-18-12-39-6)33(47-26-20-41-14-8-35-2)53(32)49-28-22-43-16-10-37-4/h7-30H2,1-6H3. The minimum Gasteiger partial charge on any atom is -0.382 e. The van der Waals surface area contributed by atoms with Gasteiger partial charge in [-0.05, 0) is 4.60 Å². The normalized spacial score (nSPS) is 17.7. The van der Waals surface area contributed by atoms with Gasteiger partial charge in [-0.2, -0.15) is 4.52 Å². The molecule has 1 aliphatic rings. The van der Waals surface area contributed by atoms with Crippen LogP contribution < -0.4 is 0 Å². The van der Waals surface area contributed by atoms with E-state index in [4.69, 9.17) is 89.1 Å². The Morgan fingerprint density at radius 1 is 0.370 bits per heavy atom. The predicted molar refractivity (Wildman–Crippen MR) is 199 cm³/mol. The summed E-state index contributed by atoms with van der Waals surface area (Å²) in [6, 6.07) is 0. The van der Waals surface area contributed by atoms with Crippen molar-refractivity contribution < 1.29 is 84.6 Å². The number of ether oxygens (including phenoxy) is 12. The van der Waals surface area contributed by atoms with E-state index in [-0.39, 0.29) is 79.3 Å². The molecule has 1 heterocycles. The van der Waals surface area contributed by atoms with Crippen molar-refractivity contribution in [2.24, 2.45) is 4.52 Å². The zero-order chi connectivity index (χ0) is 39.2. The van der Waals surface area contributed by atoms with Gasteiger partial charge in [-0.25, -0.2) is 0 Å². The third-order valence-corrected chi connectivity index (χ3v) is 13.4. The van der Waals surface area contributed by atoms with E-state index in [1.54, 1.807) is 47.3 Å². The first-order valence-corrected chi connectivity index (χ1v) is 21.5. The van der Waals surface area contributed by atoms with E-state index < -0.39 is 24.6 Å². The van der Waals surface area contributed by atoms with Crippen molar-refractivity contribution in [2.75, 3.05) is 201 Å². The maximum absolute atomic E-state index is 6.56. The van der Waals surface area contributed by atoms with Gasteiger partial charge in [0, 0.05) is 42.7 Å². The lowest BCUT2D eigenvalue weighted by molar-refractivity contribution is -0.104. The summed E-state index contributed by atoms with van der Waals surface area (Å²) >= 11 is 0. The fourth-order valence-corrected chi connectivity index (χ4v) is 11.4. The van der Waals surface area contributed by atoms with Gasteiger partial charge in [0.1, 0.15) is 0 Å². The van der Waals surface area contributed by atoms with Gasteiger partial charge < -0.3 is 74.9 Å². The van der Waals surface area contributed by atoms with Crippen LogP contribution in [0.25, 0.3) is 0 Å². The Morgan fingerprint density at radius 3 is 1.11 bits per heavy atom. The molecule has 0 saturated carbocycles. The van der Waals surface area contributed by atoms with Gasteiger partial charge in [0.05, 0.1) is 159 Å². The van der Waals surface area contributed by atoms with E-state index in [2.05, 4.69) is 0 Å². The molecule has 0 radical (unpaired) electrons. The average molecular weight is 850 g/mol. The van der Waals surface area contributed by atoms with Crippen LogP contribution in [0.5, 0.6) is 0 Å². The Bertz CT molecular complexity index is 849. The zero-order valence-electron chi connectivity index (χ0n) is 33.0. The first kappa shape index (κ1) is 52.3. The Balaban J connectivity index is 3.56. The summed E-state index contributed by atoms with van der Waals surface area (Å²) in [6.45, 7) is 7.09. The van der Waals surface area contributed by atoms with Crippen LogP contribution in [0.3, 0.4) is 0 Å². The minimum atomic E-state index is -3.56. The molecule has 2 unspecified atom stereocenters. The van der Waals surface area contributed by atoms with Crippen molar-refractivity contribution in [3.05, 3.63) is 0 Å². The molecule has 21 nitrogen and oxygen atoms in total. The molecule has 54 heavy (non-hydrogen) atoms. The van der Waals surface area contributed by atoms with Gasteiger partial charge in [0.15, 0.2) is 0 Å². The van der Waals surface area contributed by atoms with Crippen LogP contribution >= 0.6 is 24.6 Å². The van der Waals surface area contributed by atoms with Crippen molar-refractivity contribution >= 4 is 24.6 Å². The molecule has 0 aliphatic carbocycles. The molecule has 0 N–H and O–H groups in total. The third kappa shape index (κ3) is 25.6. The van der Waals surface area contributed by atoms with Gasteiger partial charge in [-0.3, -0.25) is 9.68 Å². The van der Waals surface area contributed by atoms with E-state index >= 15 is 0 Å². The number of hydrogen-bond acceptors (Lipinski definition) is 21. The molecule has 24 heteroatoms. The van der Waals surface area contributed by atoms with Gasteiger partial charge in [-0.15, -0.1) is 0 Å². The number of methoxy groups -OCH3 is 6. The highest BCUT2D eigenvalue weighted by atomic mass is 31.3. The molecule has 324 valence electrons. The van der Waals surface area contributed by atoms with Crippen molar-refractivity contribution in [3.8, 4) is 0 Å². The average Bonchev–Trinajstić information content (AvgIpc) is 3.18. The molecular formula is C30H66N3O18P3. The molecule has 1 aliphatic heterocycles. The number of nitrogens with zero attached hydrogens (tertiary/aromatic N) is 3. The van der Waals surface area contributed by atoms with Gasteiger partial charge >= 0.3 is 7.66 Å². The lowest BCUT2D eigenvalue weighted by Crippen LogP contribution is -2.33. The van der Waals surface area contributed by atoms with E-state index in [1.165, 1.54) is 4.60 Å². The van der Waals surface area contributed by atoms with E-state index in [1.807, 2.05) is 0 Å². The monoisotopic (exact) mass is 849 g/mol. The fraction of sp³-hybridized carbons (Fsp3) is 1.00. The van der Waals surface area contributed by atoms with E-state index in [0.29, 0.717) is 79.3 Å². The quantitative estimate of drug-likeness (QED) is 0.0645. The molecule has 0 bridgehead atoms. The topological polar surface area (TPSA) is 185 Å². The number of hydrogen-bond donors (Lipinski definition) is 0. The molecule has 0 aromatic rings. The van der Waals surface area contributed by atoms with Gasteiger partial charge in [0.2, 0.25) is 0 Å². The lowest BCUT2D eigenvalue weighted by atomic mass is 10.7. The van der Waals surface area contributed by atoms with Crippen molar-refractivity contribution in [2.45, 2.75) is 0 Å². The van der Waals surface area contributed by atoms with Crippen LogP contribution in [-0.2, 0) is 84.6 Å². The molecule has 0 spiro atoms. The summed E-state index contributed by atoms with van der Waals surface area (Å²) < 4.78 is 99.0. The highest BCUT2D eigenvalue weighted by Gasteiger charge is 2.52.